The highest BCUT2D eigenvalue weighted by atomic mass is 16.6. The van der Waals surface area contributed by atoms with Gasteiger partial charge >= 0.3 is 6.09 Å². The predicted octanol–water partition coefficient (Wildman–Crippen LogP) is 1.51. The van der Waals surface area contributed by atoms with Gasteiger partial charge in [-0.3, -0.25) is 4.79 Å². The maximum absolute atomic E-state index is 12.6. The molecule has 1 saturated carbocycles. The molecule has 3 aliphatic heterocycles. The molecule has 8 atom stereocenters. The first-order valence-corrected chi connectivity index (χ1v) is 11.2. The number of ether oxygens (including phenoxy) is 5. The minimum atomic E-state index is -0.790. The number of rotatable bonds is 8. The normalized spacial score (nSPS) is 43.4. The molecule has 3 N–H and O–H groups in total. The van der Waals surface area contributed by atoms with E-state index in [9.17, 15) is 9.59 Å². The van der Waals surface area contributed by atoms with E-state index >= 15 is 0 Å². The van der Waals surface area contributed by atoms with Crippen LogP contribution in [0.3, 0.4) is 0 Å². The van der Waals surface area contributed by atoms with E-state index in [1.165, 1.54) is 0 Å². The molecule has 4 fully saturated rings. The highest BCUT2D eigenvalue weighted by molar-refractivity contribution is 5.84. The zero-order valence-corrected chi connectivity index (χ0v) is 19.3. The van der Waals surface area contributed by atoms with Crippen LogP contribution in [0.25, 0.3) is 0 Å². The first-order valence-electron chi connectivity index (χ1n) is 11.2. The second-order valence-corrected chi connectivity index (χ2v) is 10.5. The van der Waals surface area contributed by atoms with Gasteiger partial charge in [-0.25, -0.2) is 4.79 Å². The Morgan fingerprint density at radius 1 is 1.19 bits per heavy atom. The lowest BCUT2D eigenvalue weighted by atomic mass is 9.68. The maximum atomic E-state index is 12.6. The Balaban J connectivity index is 1.44. The predicted molar refractivity (Wildman–Crippen MR) is 110 cm³/mol. The highest BCUT2D eigenvalue weighted by Gasteiger charge is 2.73. The van der Waals surface area contributed by atoms with E-state index in [0.29, 0.717) is 13.0 Å². The Morgan fingerprint density at radius 3 is 2.32 bits per heavy atom. The largest absolute Gasteiger partial charge is 0.443 e. The summed E-state index contributed by atoms with van der Waals surface area (Å²) in [5.41, 5.74) is 4.59. The number of carbonyl (C=O) groups excluding carboxylic acids is 2. The highest BCUT2D eigenvalue weighted by Crippen LogP contribution is 2.60. The van der Waals surface area contributed by atoms with Crippen LogP contribution in [0.5, 0.6) is 0 Å². The van der Waals surface area contributed by atoms with Gasteiger partial charge in [-0.05, 0) is 39.5 Å². The summed E-state index contributed by atoms with van der Waals surface area (Å²) in [4.78, 5) is 24.2. The van der Waals surface area contributed by atoms with Gasteiger partial charge in [0.25, 0.3) is 0 Å². The second-order valence-electron chi connectivity index (χ2n) is 10.5. The van der Waals surface area contributed by atoms with E-state index < -0.39 is 29.7 Å². The first kappa shape index (κ1) is 22.8. The van der Waals surface area contributed by atoms with Crippen LogP contribution in [0, 0.1) is 11.8 Å². The molecule has 0 aromatic rings. The van der Waals surface area contributed by atoms with Crippen LogP contribution in [-0.2, 0) is 28.5 Å². The Labute approximate surface area is 183 Å². The number of primary amides is 1. The summed E-state index contributed by atoms with van der Waals surface area (Å²) < 4.78 is 29.5. The number of epoxide rings is 3. The number of alkyl carbamates (subject to hydrolysis) is 1. The lowest BCUT2D eigenvalue weighted by molar-refractivity contribution is -0.123. The number of hydrogen-bond donors (Lipinski definition) is 2. The first-order chi connectivity index (χ1) is 14.4. The number of methoxy groups -OCH3 is 1. The standard InChI is InChI=1S/C22H36N2O7/c1-11(2)15(18(23)25)24-19(26)29-12-7-8-22(10-28-22)17(16(12)27-6)21(5)14(31-21)9-13-20(3,4)30-13/h11-17H,7-10H2,1-6H3,(H2,23,25)(H,24,26)/t12-,13?,14+,15-,16-,17?,21?,22?/m1/s1. The van der Waals surface area contributed by atoms with Crippen LogP contribution in [0.4, 0.5) is 4.79 Å². The summed E-state index contributed by atoms with van der Waals surface area (Å²) >= 11 is 0. The summed E-state index contributed by atoms with van der Waals surface area (Å²) in [5.74, 6) is -0.798. The third kappa shape index (κ3) is 4.17. The van der Waals surface area contributed by atoms with Crippen molar-refractivity contribution < 1.29 is 33.3 Å². The van der Waals surface area contributed by atoms with E-state index in [4.69, 9.17) is 29.4 Å². The summed E-state index contributed by atoms with van der Waals surface area (Å²) in [6.07, 6.45) is 0.934. The van der Waals surface area contributed by atoms with Crippen molar-refractivity contribution in [3.63, 3.8) is 0 Å². The number of nitrogens with two attached hydrogens (primary N) is 1. The smallest absolute Gasteiger partial charge is 0.408 e. The van der Waals surface area contributed by atoms with Crippen LogP contribution in [0.1, 0.15) is 53.9 Å². The SMILES string of the molecule is CO[C@H]1C(C2(C)O[C@H]2CC2OC2(C)C)C2(CC[C@H]1OC(=O)N[C@@H](C(N)=O)C(C)C)CO2. The van der Waals surface area contributed by atoms with E-state index in [1.807, 2.05) is 13.8 Å². The third-order valence-electron chi connectivity index (χ3n) is 7.59. The lowest BCUT2D eigenvalue weighted by Gasteiger charge is -2.42. The molecule has 31 heavy (non-hydrogen) atoms. The molecule has 0 aromatic heterocycles. The molecule has 4 rings (SSSR count). The van der Waals surface area contributed by atoms with Crippen molar-refractivity contribution in [2.24, 2.45) is 17.6 Å². The van der Waals surface area contributed by atoms with Crippen molar-refractivity contribution in [2.45, 2.75) is 101 Å². The van der Waals surface area contributed by atoms with Crippen molar-refractivity contribution in [2.75, 3.05) is 13.7 Å². The van der Waals surface area contributed by atoms with E-state index in [-0.39, 0.29) is 41.3 Å². The summed E-state index contributed by atoms with van der Waals surface area (Å²) in [7, 11) is 1.63. The van der Waals surface area contributed by atoms with Gasteiger partial charge < -0.3 is 34.7 Å². The van der Waals surface area contributed by atoms with Crippen molar-refractivity contribution in [3.05, 3.63) is 0 Å². The molecule has 3 saturated heterocycles. The maximum Gasteiger partial charge on any atom is 0.408 e. The zero-order valence-electron chi connectivity index (χ0n) is 19.3. The minimum Gasteiger partial charge on any atom is -0.443 e. The fourth-order valence-electron chi connectivity index (χ4n) is 5.45. The van der Waals surface area contributed by atoms with Gasteiger partial charge in [0, 0.05) is 13.5 Å². The van der Waals surface area contributed by atoms with Crippen LogP contribution in [0.2, 0.25) is 0 Å². The number of amides is 2. The summed E-state index contributed by atoms with van der Waals surface area (Å²) in [5, 5.41) is 2.60. The number of hydrogen-bond acceptors (Lipinski definition) is 7. The molecule has 1 spiro atoms. The minimum absolute atomic E-state index is 0.0516. The van der Waals surface area contributed by atoms with Crippen LogP contribution in [0.15, 0.2) is 0 Å². The van der Waals surface area contributed by atoms with Crippen molar-refractivity contribution >= 4 is 12.0 Å². The van der Waals surface area contributed by atoms with Gasteiger partial charge in [-0.1, -0.05) is 13.8 Å². The number of carbonyl (C=O) groups is 2. The Kier molecular flexibility index (Phi) is 5.56. The molecule has 0 radical (unpaired) electrons. The van der Waals surface area contributed by atoms with Crippen LogP contribution < -0.4 is 11.1 Å². The van der Waals surface area contributed by atoms with Crippen LogP contribution in [-0.4, -0.2) is 73.0 Å². The van der Waals surface area contributed by atoms with Gasteiger partial charge in [0.15, 0.2) is 0 Å². The van der Waals surface area contributed by atoms with Crippen LogP contribution >= 0.6 is 0 Å². The van der Waals surface area contributed by atoms with Gasteiger partial charge in [0.1, 0.15) is 29.5 Å². The summed E-state index contributed by atoms with van der Waals surface area (Å²) in [6, 6.07) is -0.790. The van der Waals surface area contributed by atoms with E-state index in [1.54, 1.807) is 7.11 Å². The summed E-state index contributed by atoms with van der Waals surface area (Å²) in [6.45, 7) is 10.5. The molecule has 176 valence electrons. The van der Waals surface area contributed by atoms with Gasteiger partial charge in [-0.2, -0.15) is 0 Å². The molecule has 4 unspecified atom stereocenters. The fourth-order valence-corrected chi connectivity index (χ4v) is 5.45. The Hall–Kier alpha value is -1.42. The molecule has 4 aliphatic rings. The van der Waals surface area contributed by atoms with Gasteiger partial charge in [0.05, 0.1) is 30.3 Å². The molecule has 9 heteroatoms. The van der Waals surface area contributed by atoms with Crippen molar-refractivity contribution in [3.8, 4) is 0 Å². The molecular formula is C22H36N2O7. The molecule has 9 nitrogen and oxygen atoms in total. The molecule has 2 amide bonds. The molecule has 0 aromatic carbocycles. The average molecular weight is 441 g/mol. The fraction of sp³-hybridized carbons (Fsp3) is 0.909. The average Bonchev–Trinajstić information content (AvgIpc) is 3.62. The molecule has 0 bridgehead atoms. The molecule has 3 heterocycles. The molecular weight excluding hydrogens is 404 g/mol. The topological polar surface area (TPSA) is 128 Å². The lowest BCUT2D eigenvalue weighted by Crippen LogP contribution is -2.57. The van der Waals surface area contributed by atoms with Crippen molar-refractivity contribution in [1.29, 1.82) is 0 Å². The van der Waals surface area contributed by atoms with E-state index in [2.05, 4.69) is 26.1 Å². The monoisotopic (exact) mass is 440 g/mol. The molecule has 1 aliphatic carbocycles. The number of nitrogens with one attached hydrogen (secondary N) is 1. The third-order valence-corrected chi connectivity index (χ3v) is 7.59. The van der Waals surface area contributed by atoms with E-state index in [0.717, 1.165) is 12.8 Å². The second kappa shape index (κ2) is 7.57. The van der Waals surface area contributed by atoms with Gasteiger partial charge in [-0.15, -0.1) is 0 Å². The van der Waals surface area contributed by atoms with Crippen molar-refractivity contribution in [1.82, 2.24) is 5.32 Å². The quantitative estimate of drug-likeness (QED) is 0.548. The van der Waals surface area contributed by atoms with Gasteiger partial charge in [0.2, 0.25) is 5.91 Å². The zero-order chi connectivity index (χ0) is 22.8. The Morgan fingerprint density at radius 2 is 1.84 bits per heavy atom. The Bertz CT molecular complexity index is 737.